The van der Waals surface area contributed by atoms with Crippen molar-refractivity contribution >= 4 is 0 Å². The average molecular weight is 242 g/mol. The molecule has 0 aliphatic heterocycles. The molecule has 2 unspecified atom stereocenters. The molecule has 1 heteroatoms. The average Bonchev–Trinajstić information content (AvgIpc) is 2.37. The van der Waals surface area contributed by atoms with Crippen molar-refractivity contribution in [1.29, 1.82) is 0 Å². The van der Waals surface area contributed by atoms with Crippen LogP contribution in [0, 0.1) is 11.8 Å². The van der Waals surface area contributed by atoms with E-state index in [1.165, 1.54) is 51.4 Å². The molecule has 0 spiro atoms. The molecule has 104 valence electrons. The van der Waals surface area contributed by atoms with E-state index >= 15 is 0 Å². The van der Waals surface area contributed by atoms with Crippen LogP contribution in [0.15, 0.2) is 0 Å². The molecule has 0 saturated carbocycles. The van der Waals surface area contributed by atoms with Crippen LogP contribution in [0.4, 0.5) is 0 Å². The molecule has 0 N–H and O–H groups in total. The molecular formula is C16H34O. The first-order valence-corrected chi connectivity index (χ1v) is 7.86. The van der Waals surface area contributed by atoms with Crippen molar-refractivity contribution in [3.63, 3.8) is 0 Å². The summed E-state index contributed by atoms with van der Waals surface area (Å²) < 4.78 is 5.93. The molecule has 0 radical (unpaired) electrons. The largest absolute Gasteiger partial charge is 0.381 e. The van der Waals surface area contributed by atoms with Gasteiger partial charge in [-0.15, -0.1) is 0 Å². The molecule has 0 saturated heterocycles. The van der Waals surface area contributed by atoms with Crippen molar-refractivity contribution < 1.29 is 4.74 Å². The van der Waals surface area contributed by atoms with Gasteiger partial charge in [-0.1, -0.05) is 66.2 Å². The molecule has 0 aromatic rings. The van der Waals surface area contributed by atoms with E-state index in [1.807, 2.05) is 0 Å². The van der Waals surface area contributed by atoms with E-state index < -0.39 is 0 Å². The van der Waals surface area contributed by atoms with Crippen molar-refractivity contribution in [3.8, 4) is 0 Å². The topological polar surface area (TPSA) is 9.23 Å². The first kappa shape index (κ1) is 17.0. The van der Waals surface area contributed by atoms with Gasteiger partial charge in [-0.05, 0) is 24.7 Å². The number of rotatable bonds is 12. The number of ether oxygens (including phenoxy) is 1. The first-order valence-electron chi connectivity index (χ1n) is 7.86. The Morgan fingerprint density at radius 2 is 1.12 bits per heavy atom. The molecule has 0 aromatic heterocycles. The molecular weight excluding hydrogens is 208 g/mol. The summed E-state index contributed by atoms with van der Waals surface area (Å²) in [5, 5.41) is 0. The van der Waals surface area contributed by atoms with E-state index in [2.05, 4.69) is 27.7 Å². The van der Waals surface area contributed by atoms with Gasteiger partial charge in [0.1, 0.15) is 0 Å². The van der Waals surface area contributed by atoms with Gasteiger partial charge < -0.3 is 4.74 Å². The predicted molar refractivity (Wildman–Crippen MR) is 77.4 cm³/mol. The zero-order valence-electron chi connectivity index (χ0n) is 12.6. The lowest BCUT2D eigenvalue weighted by Gasteiger charge is -2.18. The van der Waals surface area contributed by atoms with Crippen LogP contribution in [0.3, 0.4) is 0 Å². The summed E-state index contributed by atoms with van der Waals surface area (Å²) >= 11 is 0. The maximum Gasteiger partial charge on any atom is 0.0494 e. The van der Waals surface area contributed by atoms with Crippen molar-refractivity contribution in [2.45, 2.75) is 79.1 Å². The highest BCUT2D eigenvalue weighted by Crippen LogP contribution is 2.16. The minimum Gasteiger partial charge on any atom is -0.381 e. The maximum absolute atomic E-state index is 5.93. The standard InChI is InChI=1S/C16H34O/c1-5-9-11-15(7-3)13-17-14-16(8-4)12-10-6-2/h15-16H,5-14H2,1-4H3. The lowest BCUT2D eigenvalue weighted by Crippen LogP contribution is -2.14. The maximum atomic E-state index is 5.93. The van der Waals surface area contributed by atoms with Crippen molar-refractivity contribution in [2.75, 3.05) is 13.2 Å². The quantitative estimate of drug-likeness (QED) is 0.443. The van der Waals surface area contributed by atoms with E-state index in [1.54, 1.807) is 0 Å². The minimum absolute atomic E-state index is 0.790. The molecule has 2 atom stereocenters. The Bertz CT molecular complexity index is 128. The molecule has 0 aliphatic rings. The fraction of sp³-hybridized carbons (Fsp3) is 1.00. The molecule has 0 rings (SSSR count). The highest BCUT2D eigenvalue weighted by atomic mass is 16.5. The van der Waals surface area contributed by atoms with Crippen molar-refractivity contribution in [2.24, 2.45) is 11.8 Å². The number of hydrogen-bond acceptors (Lipinski definition) is 1. The van der Waals surface area contributed by atoms with Crippen LogP contribution in [0.25, 0.3) is 0 Å². The highest BCUT2D eigenvalue weighted by Gasteiger charge is 2.09. The fourth-order valence-corrected chi connectivity index (χ4v) is 2.20. The Morgan fingerprint density at radius 3 is 1.41 bits per heavy atom. The summed E-state index contributed by atoms with van der Waals surface area (Å²) in [6.45, 7) is 11.1. The van der Waals surface area contributed by atoms with Gasteiger partial charge in [0.15, 0.2) is 0 Å². The number of unbranched alkanes of at least 4 members (excludes halogenated alkanes) is 2. The van der Waals surface area contributed by atoms with Gasteiger partial charge in [-0.2, -0.15) is 0 Å². The summed E-state index contributed by atoms with van der Waals surface area (Å²) in [5.74, 6) is 1.58. The zero-order valence-corrected chi connectivity index (χ0v) is 12.6. The summed E-state index contributed by atoms with van der Waals surface area (Å²) in [4.78, 5) is 0. The second-order valence-electron chi connectivity index (χ2n) is 5.37. The number of hydrogen-bond donors (Lipinski definition) is 0. The molecule has 0 bridgehead atoms. The minimum atomic E-state index is 0.790. The van der Waals surface area contributed by atoms with Crippen molar-refractivity contribution in [3.05, 3.63) is 0 Å². The van der Waals surface area contributed by atoms with E-state index in [4.69, 9.17) is 4.74 Å². The third kappa shape index (κ3) is 9.64. The Labute approximate surface area is 109 Å². The van der Waals surface area contributed by atoms with Gasteiger partial charge in [-0.3, -0.25) is 0 Å². The second kappa shape index (κ2) is 12.4. The lowest BCUT2D eigenvalue weighted by molar-refractivity contribution is 0.0630. The molecule has 17 heavy (non-hydrogen) atoms. The van der Waals surface area contributed by atoms with Gasteiger partial charge in [0, 0.05) is 13.2 Å². The van der Waals surface area contributed by atoms with Gasteiger partial charge in [0.2, 0.25) is 0 Å². The summed E-state index contributed by atoms with van der Waals surface area (Å²) in [6.07, 6.45) is 10.6. The monoisotopic (exact) mass is 242 g/mol. The van der Waals surface area contributed by atoms with Crippen LogP contribution < -0.4 is 0 Å². The lowest BCUT2D eigenvalue weighted by atomic mass is 9.99. The highest BCUT2D eigenvalue weighted by molar-refractivity contribution is 4.59. The van der Waals surface area contributed by atoms with Crippen LogP contribution in [0.5, 0.6) is 0 Å². The smallest absolute Gasteiger partial charge is 0.0494 e. The third-order valence-electron chi connectivity index (χ3n) is 3.79. The normalized spacial score (nSPS) is 14.8. The summed E-state index contributed by atoms with van der Waals surface area (Å²) in [7, 11) is 0. The van der Waals surface area contributed by atoms with Crippen LogP contribution in [-0.4, -0.2) is 13.2 Å². The van der Waals surface area contributed by atoms with E-state index in [0.717, 1.165) is 25.0 Å². The molecule has 0 aromatic carbocycles. The fourth-order valence-electron chi connectivity index (χ4n) is 2.20. The van der Waals surface area contributed by atoms with Gasteiger partial charge in [-0.25, -0.2) is 0 Å². The first-order chi connectivity index (χ1) is 8.28. The summed E-state index contributed by atoms with van der Waals surface area (Å²) in [5.41, 5.74) is 0. The van der Waals surface area contributed by atoms with E-state index in [0.29, 0.717) is 0 Å². The molecule has 0 aliphatic carbocycles. The Balaban J connectivity index is 3.61. The van der Waals surface area contributed by atoms with E-state index in [9.17, 15) is 0 Å². The van der Waals surface area contributed by atoms with Crippen LogP contribution in [0.1, 0.15) is 79.1 Å². The van der Waals surface area contributed by atoms with Gasteiger partial charge in [0.05, 0.1) is 0 Å². The molecule has 0 heterocycles. The third-order valence-corrected chi connectivity index (χ3v) is 3.79. The van der Waals surface area contributed by atoms with Crippen LogP contribution in [-0.2, 0) is 4.74 Å². The molecule has 1 nitrogen and oxygen atoms in total. The Kier molecular flexibility index (Phi) is 12.4. The van der Waals surface area contributed by atoms with Crippen LogP contribution in [0.2, 0.25) is 0 Å². The zero-order chi connectivity index (χ0) is 12.9. The van der Waals surface area contributed by atoms with Gasteiger partial charge in [0.25, 0.3) is 0 Å². The van der Waals surface area contributed by atoms with Gasteiger partial charge >= 0.3 is 0 Å². The molecule has 0 fully saturated rings. The second-order valence-corrected chi connectivity index (χ2v) is 5.37. The van der Waals surface area contributed by atoms with Crippen LogP contribution >= 0.6 is 0 Å². The SMILES string of the molecule is CCCCC(CC)COCC(CC)CCCC. The Hall–Kier alpha value is -0.0400. The van der Waals surface area contributed by atoms with E-state index in [-0.39, 0.29) is 0 Å². The van der Waals surface area contributed by atoms with Crippen molar-refractivity contribution in [1.82, 2.24) is 0 Å². The summed E-state index contributed by atoms with van der Waals surface area (Å²) in [6, 6.07) is 0. The Morgan fingerprint density at radius 1 is 0.706 bits per heavy atom. The predicted octanol–water partition coefficient (Wildman–Crippen LogP) is 5.44. The molecule has 0 amide bonds.